The second-order valence-corrected chi connectivity index (χ2v) is 10.1. The molecule has 1 heterocycles. The van der Waals surface area contributed by atoms with Crippen LogP contribution in [0.5, 0.6) is 5.75 Å². The van der Waals surface area contributed by atoms with Gasteiger partial charge in [-0.2, -0.15) is 0 Å². The number of benzene rings is 3. The summed E-state index contributed by atoms with van der Waals surface area (Å²) in [5.74, 6) is -0.325. The molecular formula is C24H21ClF3N3O3S. The van der Waals surface area contributed by atoms with E-state index in [1.807, 2.05) is 0 Å². The Morgan fingerprint density at radius 3 is 2.49 bits per heavy atom. The Bertz CT molecular complexity index is 1500. The van der Waals surface area contributed by atoms with Gasteiger partial charge in [0.15, 0.2) is 0 Å². The van der Waals surface area contributed by atoms with Crippen LogP contribution in [0.4, 0.5) is 24.5 Å². The van der Waals surface area contributed by atoms with E-state index in [2.05, 4.69) is 15.4 Å². The van der Waals surface area contributed by atoms with E-state index in [0.29, 0.717) is 34.0 Å². The Kier molecular flexibility index (Phi) is 6.72. The number of hydrogen-bond acceptors (Lipinski definition) is 5. The number of alkyl halides is 3. The lowest BCUT2D eigenvalue weighted by molar-refractivity contribution is -0.274. The van der Waals surface area contributed by atoms with Gasteiger partial charge < -0.3 is 15.4 Å². The van der Waals surface area contributed by atoms with E-state index in [9.17, 15) is 21.6 Å². The van der Waals surface area contributed by atoms with Gasteiger partial charge in [-0.15, -0.1) is 13.2 Å². The summed E-state index contributed by atoms with van der Waals surface area (Å²) in [6.07, 6.45) is -3.22. The summed E-state index contributed by atoms with van der Waals surface area (Å²) in [7, 11) is -2.19. The first kappa shape index (κ1) is 24.9. The normalized spacial score (nSPS) is 12.2. The fourth-order valence-corrected chi connectivity index (χ4v) is 5.43. The molecule has 0 spiro atoms. The average Bonchev–Trinajstić information content (AvgIpc) is 3.13. The first-order valence-electron chi connectivity index (χ1n) is 10.4. The Morgan fingerprint density at radius 2 is 1.83 bits per heavy atom. The third-order valence-electron chi connectivity index (χ3n) is 5.28. The monoisotopic (exact) mass is 523 g/mol. The first-order valence-corrected chi connectivity index (χ1v) is 12.2. The molecular weight excluding hydrogens is 503 g/mol. The van der Waals surface area contributed by atoms with Crippen LogP contribution >= 0.6 is 11.6 Å². The zero-order chi connectivity index (χ0) is 25.4. The van der Waals surface area contributed by atoms with E-state index < -0.39 is 16.4 Å². The molecule has 0 aliphatic heterocycles. The molecule has 35 heavy (non-hydrogen) atoms. The second-order valence-electron chi connectivity index (χ2n) is 7.82. The van der Waals surface area contributed by atoms with Crippen LogP contribution in [0.2, 0.25) is 5.02 Å². The molecule has 2 N–H and O–H groups in total. The maximum Gasteiger partial charge on any atom is 0.573 e. The first-order chi connectivity index (χ1) is 16.5. The van der Waals surface area contributed by atoms with Crippen molar-refractivity contribution in [3.8, 4) is 5.75 Å². The molecule has 1 aromatic heterocycles. The minimum atomic E-state index is -4.78. The smallest absolute Gasteiger partial charge is 0.406 e. The van der Waals surface area contributed by atoms with Gasteiger partial charge in [0.2, 0.25) is 0 Å². The number of nitrogens with one attached hydrogen (secondary N) is 2. The maximum absolute atomic E-state index is 13.5. The van der Waals surface area contributed by atoms with Gasteiger partial charge >= 0.3 is 6.36 Å². The average molecular weight is 524 g/mol. The van der Waals surface area contributed by atoms with Crippen LogP contribution in [0.3, 0.4) is 0 Å². The topological polar surface area (TPSA) is 72.4 Å². The van der Waals surface area contributed by atoms with E-state index in [4.69, 9.17) is 11.6 Å². The fraction of sp³-hybridized carbons (Fsp3) is 0.167. The fourth-order valence-electron chi connectivity index (χ4n) is 3.74. The Balaban J connectivity index is 1.76. The number of anilines is 2. The third kappa shape index (κ3) is 5.39. The number of fused-ring (bicyclic) bond motifs is 1. The summed E-state index contributed by atoms with van der Waals surface area (Å²) in [5, 5.41) is 7.21. The van der Waals surface area contributed by atoms with Crippen molar-refractivity contribution in [3.63, 3.8) is 0 Å². The van der Waals surface area contributed by atoms with Gasteiger partial charge in [-0.3, -0.25) is 0 Å². The Labute approximate surface area is 205 Å². The summed E-state index contributed by atoms with van der Waals surface area (Å²) in [5.41, 5.74) is 2.84. The highest BCUT2D eigenvalue weighted by Gasteiger charge is 2.31. The summed E-state index contributed by atoms with van der Waals surface area (Å²) < 4.78 is 69.6. The molecule has 4 rings (SSSR count). The number of aryl methyl sites for hydroxylation is 1. The van der Waals surface area contributed by atoms with E-state index in [1.165, 1.54) is 34.3 Å². The minimum absolute atomic E-state index is 0.0485. The molecule has 4 aromatic rings. The van der Waals surface area contributed by atoms with Crippen molar-refractivity contribution >= 4 is 43.9 Å². The summed E-state index contributed by atoms with van der Waals surface area (Å²) in [6.45, 7) is 2.09. The second kappa shape index (κ2) is 9.44. The molecule has 0 atom stereocenters. The Hall–Kier alpha value is -3.21. The molecule has 3 aromatic carbocycles. The zero-order valence-corrected chi connectivity index (χ0v) is 20.2. The van der Waals surface area contributed by atoms with Gasteiger partial charge in [0, 0.05) is 34.5 Å². The van der Waals surface area contributed by atoms with E-state index in [-0.39, 0.29) is 10.6 Å². The maximum atomic E-state index is 13.5. The molecule has 0 unspecified atom stereocenters. The highest BCUT2D eigenvalue weighted by Crippen LogP contribution is 2.32. The molecule has 0 aliphatic rings. The number of aromatic nitrogens is 1. The van der Waals surface area contributed by atoms with Crippen molar-refractivity contribution < 1.29 is 26.3 Å². The van der Waals surface area contributed by atoms with Gasteiger partial charge in [-0.05, 0) is 73.6 Å². The lowest BCUT2D eigenvalue weighted by atomic mass is 10.1. The van der Waals surface area contributed by atoms with Crippen LogP contribution in [0.1, 0.15) is 11.1 Å². The molecule has 0 saturated carbocycles. The predicted octanol–water partition coefficient (Wildman–Crippen LogP) is 6.20. The van der Waals surface area contributed by atoms with Crippen LogP contribution in [-0.2, 0) is 16.6 Å². The van der Waals surface area contributed by atoms with E-state index in [0.717, 1.165) is 10.9 Å². The summed E-state index contributed by atoms with van der Waals surface area (Å²) in [4.78, 5) is 0.0485. The van der Waals surface area contributed by atoms with Crippen molar-refractivity contribution in [1.82, 2.24) is 9.29 Å². The minimum Gasteiger partial charge on any atom is -0.406 e. The molecule has 0 amide bonds. The highest BCUT2D eigenvalue weighted by molar-refractivity contribution is 7.90. The highest BCUT2D eigenvalue weighted by atomic mass is 35.5. The lowest BCUT2D eigenvalue weighted by Gasteiger charge is -2.14. The lowest BCUT2D eigenvalue weighted by Crippen LogP contribution is -2.17. The molecule has 0 radical (unpaired) electrons. The van der Waals surface area contributed by atoms with Crippen molar-refractivity contribution in [1.29, 1.82) is 0 Å². The molecule has 0 aliphatic carbocycles. The standard InChI is InChI=1S/C24H21ClF3N3O3S/c1-15-10-19(34-24(26,27)28)7-9-22(15)30-18-6-8-21-16(13-29-2)14-31(23(21)12-18)35(32,33)20-5-3-4-17(25)11-20/h3-12,14,29-30H,13H2,1-2H3. The van der Waals surface area contributed by atoms with Crippen molar-refractivity contribution in [2.24, 2.45) is 0 Å². The predicted molar refractivity (Wildman–Crippen MR) is 130 cm³/mol. The van der Waals surface area contributed by atoms with Gasteiger partial charge in [-0.25, -0.2) is 12.4 Å². The molecule has 0 fully saturated rings. The van der Waals surface area contributed by atoms with Crippen LogP contribution < -0.4 is 15.4 Å². The largest absolute Gasteiger partial charge is 0.573 e. The van der Waals surface area contributed by atoms with E-state index >= 15 is 0 Å². The van der Waals surface area contributed by atoms with Crippen molar-refractivity contribution in [2.45, 2.75) is 24.7 Å². The van der Waals surface area contributed by atoms with Crippen molar-refractivity contribution in [3.05, 3.63) is 83.0 Å². The SMILES string of the molecule is CNCc1cn(S(=O)(=O)c2cccc(Cl)c2)c2cc(Nc3ccc(OC(F)(F)F)cc3C)ccc12. The zero-order valence-electron chi connectivity index (χ0n) is 18.7. The summed E-state index contributed by atoms with van der Waals surface area (Å²) in [6, 6.07) is 15.2. The third-order valence-corrected chi connectivity index (χ3v) is 7.19. The molecule has 184 valence electrons. The number of ether oxygens (including phenoxy) is 1. The number of nitrogens with zero attached hydrogens (tertiary/aromatic N) is 1. The van der Waals surface area contributed by atoms with Gasteiger partial charge in [0.25, 0.3) is 10.0 Å². The van der Waals surface area contributed by atoms with Crippen LogP contribution in [0, 0.1) is 6.92 Å². The van der Waals surface area contributed by atoms with E-state index in [1.54, 1.807) is 50.5 Å². The van der Waals surface area contributed by atoms with Crippen LogP contribution in [-0.4, -0.2) is 25.8 Å². The molecule has 0 bridgehead atoms. The Morgan fingerprint density at radius 1 is 1.06 bits per heavy atom. The molecule has 11 heteroatoms. The van der Waals surface area contributed by atoms with Crippen molar-refractivity contribution in [2.75, 3.05) is 12.4 Å². The van der Waals surface area contributed by atoms with Gasteiger partial charge in [0.05, 0.1) is 10.4 Å². The van der Waals surface area contributed by atoms with Gasteiger partial charge in [0.1, 0.15) is 5.75 Å². The number of halogens is 4. The van der Waals surface area contributed by atoms with Crippen LogP contribution in [0.25, 0.3) is 10.9 Å². The number of hydrogen-bond donors (Lipinski definition) is 2. The molecule has 6 nitrogen and oxygen atoms in total. The van der Waals surface area contributed by atoms with Gasteiger partial charge in [-0.1, -0.05) is 23.7 Å². The number of rotatable bonds is 7. The van der Waals surface area contributed by atoms with Crippen LogP contribution in [0.15, 0.2) is 71.8 Å². The quantitative estimate of drug-likeness (QED) is 0.302. The molecule has 0 saturated heterocycles. The summed E-state index contributed by atoms with van der Waals surface area (Å²) >= 11 is 6.02.